The lowest BCUT2D eigenvalue weighted by molar-refractivity contribution is 0.177. The van der Waals surface area contributed by atoms with Gasteiger partial charge in [0.25, 0.3) is 0 Å². The monoisotopic (exact) mass is 236 g/mol. The van der Waals surface area contributed by atoms with Gasteiger partial charge in [-0.2, -0.15) is 0 Å². The molecule has 0 bridgehead atoms. The lowest BCUT2D eigenvalue weighted by Gasteiger charge is -2.15. The first-order valence-corrected chi connectivity index (χ1v) is 6.03. The van der Waals surface area contributed by atoms with Crippen molar-refractivity contribution in [1.82, 2.24) is 14.9 Å². The van der Waals surface area contributed by atoms with E-state index in [2.05, 4.69) is 14.9 Å². The van der Waals surface area contributed by atoms with Crippen molar-refractivity contribution >= 4 is 0 Å². The number of likely N-dealkylation sites (tertiary alicyclic amines) is 1. The summed E-state index contributed by atoms with van der Waals surface area (Å²) < 4.78 is 4.98. The van der Waals surface area contributed by atoms with E-state index in [0.717, 1.165) is 37.6 Å². The minimum atomic E-state index is 0.471. The van der Waals surface area contributed by atoms with Crippen LogP contribution in [0.15, 0.2) is 12.4 Å². The van der Waals surface area contributed by atoms with Crippen molar-refractivity contribution in [3.8, 4) is 0 Å². The quantitative estimate of drug-likeness (QED) is 0.802. The molecule has 2 N–H and O–H groups in total. The van der Waals surface area contributed by atoms with Crippen molar-refractivity contribution < 1.29 is 4.74 Å². The molecule has 5 heteroatoms. The summed E-state index contributed by atoms with van der Waals surface area (Å²) in [5.41, 5.74) is 6.83. The average molecular weight is 236 g/mol. The predicted molar refractivity (Wildman–Crippen MR) is 65.2 cm³/mol. The van der Waals surface area contributed by atoms with E-state index in [1.165, 1.54) is 6.42 Å². The van der Waals surface area contributed by atoms with Gasteiger partial charge in [-0.05, 0) is 25.4 Å². The molecule has 1 aromatic rings. The molecule has 2 rings (SSSR count). The zero-order chi connectivity index (χ0) is 12.1. The van der Waals surface area contributed by atoms with Crippen LogP contribution >= 0.6 is 0 Å². The van der Waals surface area contributed by atoms with Crippen molar-refractivity contribution in [3.05, 3.63) is 23.8 Å². The maximum atomic E-state index is 5.68. The van der Waals surface area contributed by atoms with E-state index in [-0.39, 0.29) is 0 Å². The van der Waals surface area contributed by atoms with Gasteiger partial charge < -0.3 is 10.5 Å². The molecule has 0 amide bonds. The van der Waals surface area contributed by atoms with Gasteiger partial charge in [-0.1, -0.05) is 0 Å². The van der Waals surface area contributed by atoms with Crippen LogP contribution in [0.4, 0.5) is 0 Å². The summed E-state index contributed by atoms with van der Waals surface area (Å²) in [6, 6.07) is 0. The Morgan fingerprint density at radius 2 is 2.24 bits per heavy atom. The van der Waals surface area contributed by atoms with E-state index in [4.69, 9.17) is 10.5 Å². The van der Waals surface area contributed by atoms with E-state index in [1.54, 1.807) is 7.11 Å². The highest BCUT2D eigenvalue weighted by Crippen LogP contribution is 2.16. The molecule has 0 aromatic carbocycles. The van der Waals surface area contributed by atoms with Crippen molar-refractivity contribution in [3.63, 3.8) is 0 Å². The van der Waals surface area contributed by atoms with E-state index in [0.29, 0.717) is 12.5 Å². The second-order valence-corrected chi connectivity index (χ2v) is 4.57. The average Bonchev–Trinajstić information content (AvgIpc) is 2.80. The molecule has 2 heterocycles. The Hall–Kier alpha value is -1.04. The van der Waals surface area contributed by atoms with Crippen LogP contribution < -0.4 is 5.73 Å². The Kier molecular flexibility index (Phi) is 4.42. The van der Waals surface area contributed by atoms with Gasteiger partial charge in [0, 0.05) is 38.2 Å². The summed E-state index contributed by atoms with van der Waals surface area (Å²) >= 11 is 0. The highest BCUT2D eigenvalue weighted by molar-refractivity contribution is 5.05. The fourth-order valence-electron chi connectivity index (χ4n) is 2.17. The van der Waals surface area contributed by atoms with Crippen molar-refractivity contribution in [2.24, 2.45) is 11.7 Å². The first kappa shape index (κ1) is 12.4. The molecule has 0 saturated carbocycles. The minimum Gasteiger partial charge on any atom is -0.377 e. The molecule has 0 aliphatic carbocycles. The third-order valence-corrected chi connectivity index (χ3v) is 3.14. The van der Waals surface area contributed by atoms with Crippen LogP contribution in [0.3, 0.4) is 0 Å². The number of nitrogens with zero attached hydrogens (tertiary/aromatic N) is 3. The molecule has 1 fully saturated rings. The first-order chi connectivity index (χ1) is 8.31. The van der Waals surface area contributed by atoms with E-state index >= 15 is 0 Å². The smallest absolute Gasteiger partial charge is 0.153 e. The SMILES string of the molecule is COCc1ncc(CN2CC[C@@H](CN)C2)cn1. The Morgan fingerprint density at radius 1 is 1.47 bits per heavy atom. The second-order valence-electron chi connectivity index (χ2n) is 4.57. The number of hydrogen-bond donors (Lipinski definition) is 1. The summed E-state index contributed by atoms with van der Waals surface area (Å²) in [6.07, 6.45) is 4.98. The molecule has 17 heavy (non-hydrogen) atoms. The van der Waals surface area contributed by atoms with Crippen LogP contribution in [-0.2, 0) is 17.9 Å². The molecule has 1 saturated heterocycles. The summed E-state index contributed by atoms with van der Waals surface area (Å²) in [6.45, 7) is 4.40. The molecule has 5 nitrogen and oxygen atoms in total. The van der Waals surface area contributed by atoms with Crippen molar-refractivity contribution in [2.45, 2.75) is 19.6 Å². The summed E-state index contributed by atoms with van der Waals surface area (Å²) in [4.78, 5) is 10.9. The number of hydrogen-bond acceptors (Lipinski definition) is 5. The fraction of sp³-hybridized carbons (Fsp3) is 0.667. The van der Waals surface area contributed by atoms with Gasteiger partial charge in [0.2, 0.25) is 0 Å². The first-order valence-electron chi connectivity index (χ1n) is 6.03. The van der Waals surface area contributed by atoms with Crippen LogP contribution in [-0.4, -0.2) is 41.6 Å². The molecule has 0 unspecified atom stereocenters. The number of methoxy groups -OCH3 is 1. The maximum absolute atomic E-state index is 5.68. The van der Waals surface area contributed by atoms with Gasteiger partial charge >= 0.3 is 0 Å². The molecular weight excluding hydrogens is 216 g/mol. The highest BCUT2D eigenvalue weighted by Gasteiger charge is 2.21. The molecule has 94 valence electrons. The zero-order valence-corrected chi connectivity index (χ0v) is 10.3. The molecule has 1 aliphatic rings. The van der Waals surface area contributed by atoms with Crippen LogP contribution in [0, 0.1) is 5.92 Å². The Morgan fingerprint density at radius 3 is 2.82 bits per heavy atom. The molecular formula is C12H20N4O. The molecule has 1 aliphatic heterocycles. The lowest BCUT2D eigenvalue weighted by Crippen LogP contribution is -2.23. The van der Waals surface area contributed by atoms with Crippen LogP contribution in [0.25, 0.3) is 0 Å². The largest absolute Gasteiger partial charge is 0.377 e. The normalized spacial score (nSPS) is 20.9. The number of nitrogens with two attached hydrogens (primary N) is 1. The standard InChI is InChI=1S/C12H20N4O/c1-17-9-12-14-5-11(6-15-12)8-16-3-2-10(4-13)7-16/h5-6,10H,2-4,7-9,13H2,1H3/t10-/m0/s1. The third kappa shape index (κ3) is 3.46. The van der Waals surface area contributed by atoms with Crippen LogP contribution in [0.2, 0.25) is 0 Å². The Labute approximate surface area is 102 Å². The maximum Gasteiger partial charge on any atom is 0.153 e. The molecule has 1 atom stereocenters. The Bertz CT molecular complexity index is 341. The highest BCUT2D eigenvalue weighted by atomic mass is 16.5. The van der Waals surface area contributed by atoms with Gasteiger partial charge in [0.05, 0.1) is 0 Å². The van der Waals surface area contributed by atoms with Crippen molar-refractivity contribution in [1.29, 1.82) is 0 Å². The van der Waals surface area contributed by atoms with E-state index in [1.807, 2.05) is 12.4 Å². The number of ether oxygens (including phenoxy) is 1. The predicted octanol–water partition coefficient (Wildman–Crippen LogP) is 0.404. The molecule has 0 radical (unpaired) electrons. The summed E-state index contributed by atoms with van der Waals surface area (Å²) in [5, 5.41) is 0. The van der Waals surface area contributed by atoms with Gasteiger partial charge in [-0.3, -0.25) is 4.90 Å². The van der Waals surface area contributed by atoms with Gasteiger partial charge in [-0.25, -0.2) is 9.97 Å². The Balaban J connectivity index is 1.86. The summed E-state index contributed by atoms with van der Waals surface area (Å²) in [5.74, 6) is 1.39. The van der Waals surface area contributed by atoms with Gasteiger partial charge in [0.15, 0.2) is 5.82 Å². The second kappa shape index (κ2) is 6.05. The lowest BCUT2D eigenvalue weighted by atomic mass is 10.1. The van der Waals surface area contributed by atoms with E-state index < -0.39 is 0 Å². The minimum absolute atomic E-state index is 0.471. The van der Waals surface area contributed by atoms with Gasteiger partial charge in [0.1, 0.15) is 6.61 Å². The third-order valence-electron chi connectivity index (χ3n) is 3.14. The van der Waals surface area contributed by atoms with Crippen molar-refractivity contribution in [2.75, 3.05) is 26.7 Å². The topological polar surface area (TPSA) is 64.3 Å². The number of aromatic nitrogens is 2. The zero-order valence-electron chi connectivity index (χ0n) is 10.3. The fourth-order valence-corrected chi connectivity index (χ4v) is 2.17. The van der Waals surface area contributed by atoms with E-state index in [9.17, 15) is 0 Å². The number of rotatable bonds is 5. The van der Waals surface area contributed by atoms with Crippen LogP contribution in [0.5, 0.6) is 0 Å². The summed E-state index contributed by atoms with van der Waals surface area (Å²) in [7, 11) is 1.65. The van der Waals surface area contributed by atoms with Gasteiger partial charge in [-0.15, -0.1) is 0 Å². The molecule has 1 aromatic heterocycles. The van der Waals surface area contributed by atoms with Crippen LogP contribution in [0.1, 0.15) is 17.8 Å². The molecule has 0 spiro atoms.